The first-order chi connectivity index (χ1) is 17.6. The first kappa shape index (κ1) is 23.9. The number of rotatable bonds is 4. The highest BCUT2D eigenvalue weighted by Gasteiger charge is 2.51. The number of nitrogens with zero attached hydrogens (tertiary/aromatic N) is 5. The standard InChI is InChI=1S/C24H22F3N5O4S/c1-10(2)32-23-17-4-3-12(36-17)8-31(23)30-9-14(20(33)21(34)19(30)24(32)35)22-29-28-18(37-22)7-13-15(26)5-11(25)6-16(13)27/h5-6,9-10,12,17,23,34H,3-4,7-8H2,1-2H3/t12-,17?,23?/m1/s1. The summed E-state index contributed by atoms with van der Waals surface area (Å²) in [5.74, 6) is -4.33. The van der Waals surface area contributed by atoms with Gasteiger partial charge < -0.3 is 14.7 Å². The largest absolute Gasteiger partial charge is 0.502 e. The lowest BCUT2D eigenvalue weighted by atomic mass is 10.1. The molecule has 0 aliphatic carbocycles. The maximum atomic E-state index is 14.1. The quantitative estimate of drug-likeness (QED) is 0.551. The van der Waals surface area contributed by atoms with Gasteiger partial charge in [0, 0.05) is 36.4 Å². The zero-order valence-electron chi connectivity index (χ0n) is 19.8. The third-order valence-corrected chi connectivity index (χ3v) is 7.98. The smallest absolute Gasteiger partial charge is 0.278 e. The normalized spacial score (nSPS) is 22.5. The van der Waals surface area contributed by atoms with E-state index < -0.39 is 40.7 Å². The van der Waals surface area contributed by atoms with Crippen molar-refractivity contribution in [2.24, 2.45) is 0 Å². The lowest BCUT2D eigenvalue weighted by Gasteiger charge is -2.52. The van der Waals surface area contributed by atoms with E-state index in [0.717, 1.165) is 24.2 Å². The van der Waals surface area contributed by atoms with Crippen LogP contribution in [0.5, 0.6) is 5.75 Å². The molecule has 1 N–H and O–H groups in total. The predicted molar refractivity (Wildman–Crippen MR) is 126 cm³/mol. The molecule has 3 atom stereocenters. The minimum atomic E-state index is -1.05. The highest BCUT2D eigenvalue weighted by Crippen LogP contribution is 2.38. The number of fused-ring (bicyclic) bond motifs is 6. The number of pyridine rings is 1. The van der Waals surface area contributed by atoms with Crippen molar-refractivity contribution in [1.29, 1.82) is 0 Å². The summed E-state index contributed by atoms with van der Waals surface area (Å²) < 4.78 is 49.1. The number of halogens is 3. The number of hydrogen-bond donors (Lipinski definition) is 1. The van der Waals surface area contributed by atoms with Crippen LogP contribution in [-0.4, -0.2) is 61.7 Å². The molecule has 6 rings (SSSR count). The molecule has 0 spiro atoms. The highest BCUT2D eigenvalue weighted by molar-refractivity contribution is 7.14. The van der Waals surface area contributed by atoms with Gasteiger partial charge in [0.15, 0.2) is 16.5 Å². The highest BCUT2D eigenvalue weighted by atomic mass is 32.1. The monoisotopic (exact) mass is 533 g/mol. The number of amides is 1. The van der Waals surface area contributed by atoms with E-state index in [1.54, 1.807) is 4.90 Å². The third-order valence-electron chi connectivity index (χ3n) is 7.02. The molecule has 5 heterocycles. The second kappa shape index (κ2) is 8.55. The first-order valence-corrected chi connectivity index (χ1v) is 12.7. The molecule has 2 unspecified atom stereocenters. The van der Waals surface area contributed by atoms with Gasteiger partial charge in [-0.2, -0.15) is 0 Å². The van der Waals surface area contributed by atoms with Gasteiger partial charge in [-0.25, -0.2) is 13.2 Å². The Balaban J connectivity index is 1.43. The lowest BCUT2D eigenvalue weighted by Crippen LogP contribution is -2.69. The molecule has 2 fully saturated rings. The van der Waals surface area contributed by atoms with E-state index in [-0.39, 0.29) is 51.5 Å². The van der Waals surface area contributed by atoms with Gasteiger partial charge in [0.05, 0.1) is 24.3 Å². The van der Waals surface area contributed by atoms with Crippen LogP contribution in [-0.2, 0) is 11.2 Å². The lowest BCUT2D eigenvalue weighted by molar-refractivity contribution is -0.0599. The molecule has 2 aromatic heterocycles. The Bertz CT molecular complexity index is 1470. The molecule has 2 bridgehead atoms. The number of aromatic nitrogens is 3. The minimum absolute atomic E-state index is 0.00608. The van der Waals surface area contributed by atoms with Crippen LogP contribution in [0, 0.1) is 17.5 Å². The molecule has 1 aromatic carbocycles. The van der Waals surface area contributed by atoms with E-state index in [4.69, 9.17) is 4.74 Å². The summed E-state index contributed by atoms with van der Waals surface area (Å²) in [6, 6.07) is 0.955. The first-order valence-electron chi connectivity index (χ1n) is 11.8. The van der Waals surface area contributed by atoms with Crippen molar-refractivity contribution in [2.75, 3.05) is 11.6 Å². The molecule has 3 aliphatic rings. The van der Waals surface area contributed by atoms with Gasteiger partial charge in [-0.1, -0.05) is 11.3 Å². The second-order valence-electron chi connectivity index (χ2n) is 9.66. The van der Waals surface area contributed by atoms with Crippen molar-refractivity contribution in [1.82, 2.24) is 19.8 Å². The summed E-state index contributed by atoms with van der Waals surface area (Å²) in [6.45, 7) is 4.19. The van der Waals surface area contributed by atoms with Crippen LogP contribution in [0.3, 0.4) is 0 Å². The Labute approximate surface area is 212 Å². The average molecular weight is 534 g/mol. The zero-order chi connectivity index (χ0) is 26.2. The summed E-state index contributed by atoms with van der Waals surface area (Å²) in [6.07, 6.45) is 2.10. The third kappa shape index (κ3) is 3.71. The Morgan fingerprint density at radius 3 is 2.59 bits per heavy atom. The molecule has 37 heavy (non-hydrogen) atoms. The number of ether oxygens (including phenoxy) is 1. The Morgan fingerprint density at radius 2 is 1.89 bits per heavy atom. The van der Waals surface area contributed by atoms with Gasteiger partial charge in [-0.3, -0.25) is 19.3 Å². The van der Waals surface area contributed by atoms with Crippen LogP contribution in [0.25, 0.3) is 10.6 Å². The Kier molecular flexibility index (Phi) is 5.53. The number of aromatic hydroxyl groups is 1. The number of carbonyl (C=O) groups is 1. The molecule has 2 saturated heterocycles. The summed E-state index contributed by atoms with van der Waals surface area (Å²) in [5.41, 5.74) is -1.33. The number of morpholine rings is 1. The SMILES string of the molecule is CC(C)N1C(=O)c2c(O)c(=O)c(-c3nnc(Cc4c(F)cc(F)cc4F)s3)cn2N2C[C@H]3CCC(O3)C12. The van der Waals surface area contributed by atoms with Crippen molar-refractivity contribution in [3.8, 4) is 16.3 Å². The molecule has 0 radical (unpaired) electrons. The maximum Gasteiger partial charge on any atom is 0.278 e. The molecule has 9 nitrogen and oxygen atoms in total. The fourth-order valence-corrected chi connectivity index (χ4v) is 6.24. The van der Waals surface area contributed by atoms with Crippen LogP contribution in [0.1, 0.15) is 47.7 Å². The van der Waals surface area contributed by atoms with Crippen LogP contribution < -0.4 is 10.4 Å². The van der Waals surface area contributed by atoms with E-state index in [1.165, 1.54) is 10.9 Å². The van der Waals surface area contributed by atoms with E-state index in [1.807, 2.05) is 18.9 Å². The van der Waals surface area contributed by atoms with Crippen molar-refractivity contribution in [2.45, 2.75) is 57.5 Å². The van der Waals surface area contributed by atoms with Gasteiger partial charge in [0.1, 0.15) is 28.6 Å². The van der Waals surface area contributed by atoms with E-state index in [0.29, 0.717) is 18.7 Å². The molecule has 1 amide bonds. The van der Waals surface area contributed by atoms with Crippen LogP contribution in [0.4, 0.5) is 13.2 Å². The van der Waals surface area contributed by atoms with Crippen molar-refractivity contribution in [3.63, 3.8) is 0 Å². The van der Waals surface area contributed by atoms with Crippen molar-refractivity contribution in [3.05, 3.63) is 62.3 Å². The molecule has 194 valence electrons. The molecular formula is C24H22F3N5O4S. The van der Waals surface area contributed by atoms with Crippen molar-refractivity contribution < 1.29 is 27.8 Å². The summed E-state index contributed by atoms with van der Waals surface area (Å²) in [5, 5.41) is 21.1. The molecule has 13 heteroatoms. The zero-order valence-corrected chi connectivity index (χ0v) is 20.6. The van der Waals surface area contributed by atoms with E-state index in [2.05, 4.69) is 10.2 Å². The number of hydrogen-bond acceptors (Lipinski definition) is 8. The summed E-state index contributed by atoms with van der Waals surface area (Å²) >= 11 is 0.913. The van der Waals surface area contributed by atoms with Gasteiger partial charge in [0.2, 0.25) is 5.43 Å². The van der Waals surface area contributed by atoms with Gasteiger partial charge >= 0.3 is 0 Å². The molecule has 3 aliphatic heterocycles. The summed E-state index contributed by atoms with van der Waals surface area (Å²) in [4.78, 5) is 28.3. The molecular weight excluding hydrogens is 511 g/mol. The number of benzene rings is 1. The fourth-order valence-electron chi connectivity index (χ4n) is 5.39. The van der Waals surface area contributed by atoms with Gasteiger partial charge in [0.25, 0.3) is 5.91 Å². The Hall–Kier alpha value is -3.45. The molecule has 3 aromatic rings. The topological polar surface area (TPSA) is 101 Å². The average Bonchev–Trinajstić information content (AvgIpc) is 3.45. The van der Waals surface area contributed by atoms with E-state index in [9.17, 15) is 27.9 Å². The van der Waals surface area contributed by atoms with Crippen LogP contribution in [0.2, 0.25) is 0 Å². The van der Waals surface area contributed by atoms with Crippen molar-refractivity contribution >= 4 is 17.2 Å². The van der Waals surface area contributed by atoms with Gasteiger partial charge in [-0.05, 0) is 26.7 Å². The van der Waals surface area contributed by atoms with Crippen LogP contribution >= 0.6 is 11.3 Å². The fraction of sp³-hybridized carbons (Fsp3) is 0.417. The predicted octanol–water partition coefficient (Wildman–Crippen LogP) is 2.77. The Morgan fingerprint density at radius 1 is 1.16 bits per heavy atom. The maximum absolute atomic E-state index is 14.1. The second-order valence-corrected chi connectivity index (χ2v) is 10.7. The minimum Gasteiger partial charge on any atom is -0.502 e. The molecule has 0 saturated carbocycles. The van der Waals surface area contributed by atoms with Gasteiger partial charge in [-0.15, -0.1) is 10.2 Å². The van der Waals surface area contributed by atoms with Crippen LogP contribution in [0.15, 0.2) is 23.1 Å². The summed E-state index contributed by atoms with van der Waals surface area (Å²) in [7, 11) is 0. The van der Waals surface area contributed by atoms with E-state index >= 15 is 0 Å². The number of carbonyl (C=O) groups excluding carboxylic acids is 1.